The topological polar surface area (TPSA) is 95.6 Å². The molecule has 1 fully saturated rings. The van der Waals surface area contributed by atoms with Crippen molar-refractivity contribution in [2.24, 2.45) is 5.92 Å². The number of carbonyl (C=O) groups is 2. The van der Waals surface area contributed by atoms with Crippen LogP contribution in [0.2, 0.25) is 0 Å². The lowest BCUT2D eigenvalue weighted by atomic mass is 9.97. The van der Waals surface area contributed by atoms with Crippen LogP contribution in [0.4, 0.5) is 8.78 Å². The molecule has 0 unspecified atom stereocenters. The van der Waals surface area contributed by atoms with Crippen LogP contribution in [0.1, 0.15) is 18.4 Å². The number of carbonyl (C=O) groups excluding carboxylic acids is 2. The van der Waals surface area contributed by atoms with Crippen molar-refractivity contribution in [3.8, 4) is 0 Å². The fourth-order valence-electron chi connectivity index (χ4n) is 3.50. The van der Waals surface area contributed by atoms with E-state index in [-0.39, 0.29) is 61.0 Å². The van der Waals surface area contributed by atoms with Gasteiger partial charge in [0.05, 0.1) is 11.3 Å². The monoisotopic (exact) mass is 465 g/mol. The quantitative estimate of drug-likeness (QED) is 0.582. The lowest BCUT2D eigenvalue weighted by Gasteiger charge is -2.30. The minimum atomic E-state index is -3.72. The van der Waals surface area contributed by atoms with E-state index in [1.165, 1.54) is 28.6 Å². The van der Waals surface area contributed by atoms with Crippen molar-refractivity contribution in [1.82, 2.24) is 14.9 Å². The van der Waals surface area contributed by atoms with E-state index < -0.39 is 15.8 Å². The molecule has 1 aliphatic heterocycles. The first-order chi connectivity index (χ1) is 15.3. The van der Waals surface area contributed by atoms with Crippen molar-refractivity contribution in [2.75, 3.05) is 26.2 Å². The van der Waals surface area contributed by atoms with Crippen LogP contribution in [0.15, 0.2) is 53.4 Å². The van der Waals surface area contributed by atoms with Crippen molar-refractivity contribution in [3.63, 3.8) is 0 Å². The summed E-state index contributed by atoms with van der Waals surface area (Å²) in [4.78, 5) is 24.3. The standard InChI is InChI=1S/C22H25F2N3O4S/c23-18-3-1-16(2-4-18)15-21(28)25-11-12-26-22(29)17-9-13-27(14-10-17)32(30,31)20-7-5-19(24)6-8-20/h1-8,17H,9-15H2,(H,25,28)(H,26,29). The van der Waals surface area contributed by atoms with Crippen molar-refractivity contribution >= 4 is 21.8 Å². The molecule has 0 bridgehead atoms. The van der Waals surface area contributed by atoms with Crippen LogP contribution in [0, 0.1) is 17.6 Å². The van der Waals surface area contributed by atoms with Gasteiger partial charge in [-0.1, -0.05) is 12.1 Å². The Balaban J connectivity index is 1.37. The van der Waals surface area contributed by atoms with Crippen LogP contribution in [-0.2, 0) is 26.0 Å². The number of benzene rings is 2. The Hall–Kier alpha value is -2.85. The van der Waals surface area contributed by atoms with E-state index in [1.54, 1.807) is 12.1 Å². The smallest absolute Gasteiger partial charge is 0.243 e. The molecule has 1 heterocycles. The van der Waals surface area contributed by atoms with Gasteiger partial charge in [0.1, 0.15) is 11.6 Å². The molecular weight excluding hydrogens is 440 g/mol. The number of sulfonamides is 1. The largest absolute Gasteiger partial charge is 0.354 e. The third kappa shape index (κ3) is 6.33. The lowest BCUT2D eigenvalue weighted by Crippen LogP contribution is -2.44. The van der Waals surface area contributed by atoms with Crippen LogP contribution < -0.4 is 10.6 Å². The van der Waals surface area contributed by atoms with E-state index in [0.717, 1.165) is 12.1 Å². The van der Waals surface area contributed by atoms with Gasteiger partial charge >= 0.3 is 0 Å². The zero-order valence-corrected chi connectivity index (χ0v) is 18.2. The molecule has 0 aromatic heterocycles. The number of hydrogen-bond donors (Lipinski definition) is 2. The van der Waals surface area contributed by atoms with Crippen LogP contribution in [0.25, 0.3) is 0 Å². The Morgan fingerprint density at radius 2 is 1.41 bits per heavy atom. The van der Waals surface area contributed by atoms with E-state index in [4.69, 9.17) is 0 Å². The highest BCUT2D eigenvalue weighted by Crippen LogP contribution is 2.24. The lowest BCUT2D eigenvalue weighted by molar-refractivity contribution is -0.126. The molecule has 0 radical (unpaired) electrons. The number of halogens is 2. The summed E-state index contributed by atoms with van der Waals surface area (Å²) < 4.78 is 52.5. The third-order valence-corrected chi connectivity index (χ3v) is 7.21. The molecule has 1 aliphatic rings. The molecule has 7 nitrogen and oxygen atoms in total. The Labute approximate surface area is 185 Å². The molecule has 172 valence electrons. The second-order valence-electron chi connectivity index (χ2n) is 7.58. The molecule has 32 heavy (non-hydrogen) atoms. The summed E-state index contributed by atoms with van der Waals surface area (Å²) in [6.45, 7) is 0.907. The second-order valence-corrected chi connectivity index (χ2v) is 9.51. The van der Waals surface area contributed by atoms with E-state index in [2.05, 4.69) is 10.6 Å². The number of piperidine rings is 1. The Bertz CT molecular complexity index is 1040. The van der Waals surface area contributed by atoms with Gasteiger partial charge in [0.25, 0.3) is 0 Å². The average molecular weight is 466 g/mol. The summed E-state index contributed by atoms with van der Waals surface area (Å²) in [7, 11) is -3.72. The van der Waals surface area contributed by atoms with Gasteiger partial charge in [-0.15, -0.1) is 0 Å². The Kier molecular flexibility index (Phi) is 7.92. The molecule has 0 saturated carbocycles. The molecule has 2 aromatic rings. The molecule has 0 spiro atoms. The normalized spacial score (nSPS) is 15.3. The first kappa shape index (κ1) is 23.8. The zero-order chi connectivity index (χ0) is 23.1. The third-order valence-electron chi connectivity index (χ3n) is 5.30. The van der Waals surface area contributed by atoms with Gasteiger partial charge in [-0.2, -0.15) is 4.31 Å². The molecule has 2 N–H and O–H groups in total. The van der Waals surface area contributed by atoms with Gasteiger partial charge in [0, 0.05) is 32.1 Å². The van der Waals surface area contributed by atoms with Crippen LogP contribution in [0.3, 0.4) is 0 Å². The maximum Gasteiger partial charge on any atom is 0.243 e. The van der Waals surface area contributed by atoms with Gasteiger partial charge in [0.15, 0.2) is 0 Å². The SMILES string of the molecule is O=C(Cc1ccc(F)cc1)NCCNC(=O)C1CCN(S(=O)(=O)c2ccc(F)cc2)CC1. The average Bonchev–Trinajstić information content (AvgIpc) is 2.78. The van der Waals surface area contributed by atoms with Gasteiger partial charge in [0.2, 0.25) is 21.8 Å². The minimum Gasteiger partial charge on any atom is -0.354 e. The molecule has 2 aromatic carbocycles. The van der Waals surface area contributed by atoms with E-state index in [9.17, 15) is 26.8 Å². The van der Waals surface area contributed by atoms with Crippen LogP contribution in [0.5, 0.6) is 0 Å². The maximum atomic E-state index is 13.1. The van der Waals surface area contributed by atoms with Crippen molar-refractivity contribution in [2.45, 2.75) is 24.2 Å². The number of amides is 2. The first-order valence-corrected chi connectivity index (χ1v) is 11.7. The summed E-state index contributed by atoms with van der Waals surface area (Å²) in [5.74, 6) is -1.60. The Morgan fingerprint density at radius 1 is 0.875 bits per heavy atom. The summed E-state index contributed by atoms with van der Waals surface area (Å²) in [6, 6.07) is 10.3. The van der Waals surface area contributed by atoms with Crippen molar-refractivity contribution in [1.29, 1.82) is 0 Å². The summed E-state index contributed by atoms with van der Waals surface area (Å²) in [5.41, 5.74) is 0.690. The first-order valence-electron chi connectivity index (χ1n) is 10.3. The summed E-state index contributed by atoms with van der Waals surface area (Å²) in [6.07, 6.45) is 0.877. The van der Waals surface area contributed by atoms with Gasteiger partial charge in [-0.3, -0.25) is 9.59 Å². The predicted molar refractivity (Wildman–Crippen MR) is 114 cm³/mol. The van der Waals surface area contributed by atoms with Crippen molar-refractivity contribution < 1.29 is 26.8 Å². The minimum absolute atomic E-state index is 0.0261. The number of hydrogen-bond acceptors (Lipinski definition) is 4. The number of nitrogens with one attached hydrogen (secondary N) is 2. The van der Waals surface area contributed by atoms with E-state index >= 15 is 0 Å². The molecule has 3 rings (SSSR count). The van der Waals surface area contributed by atoms with Gasteiger partial charge in [-0.25, -0.2) is 17.2 Å². The number of nitrogens with zero attached hydrogens (tertiary/aromatic N) is 1. The van der Waals surface area contributed by atoms with Gasteiger partial charge in [-0.05, 0) is 54.8 Å². The van der Waals surface area contributed by atoms with Crippen LogP contribution >= 0.6 is 0 Å². The molecule has 0 atom stereocenters. The van der Waals surface area contributed by atoms with Crippen molar-refractivity contribution in [3.05, 3.63) is 65.7 Å². The second kappa shape index (κ2) is 10.6. The highest BCUT2D eigenvalue weighted by atomic mass is 32.2. The van der Waals surface area contributed by atoms with Crippen LogP contribution in [-0.4, -0.2) is 50.7 Å². The maximum absolute atomic E-state index is 13.1. The molecule has 0 aliphatic carbocycles. The Morgan fingerprint density at radius 3 is 2.00 bits per heavy atom. The summed E-state index contributed by atoms with van der Waals surface area (Å²) >= 11 is 0. The highest BCUT2D eigenvalue weighted by Gasteiger charge is 2.31. The molecule has 1 saturated heterocycles. The number of rotatable bonds is 8. The van der Waals surface area contributed by atoms with E-state index in [1.807, 2.05) is 0 Å². The molecular formula is C22H25F2N3O4S. The summed E-state index contributed by atoms with van der Waals surface area (Å²) in [5, 5.41) is 5.45. The molecule has 10 heteroatoms. The fraction of sp³-hybridized carbons (Fsp3) is 0.364. The predicted octanol–water partition coefficient (Wildman–Crippen LogP) is 1.84. The molecule has 2 amide bonds. The van der Waals surface area contributed by atoms with E-state index in [0.29, 0.717) is 18.4 Å². The highest BCUT2D eigenvalue weighted by molar-refractivity contribution is 7.89. The zero-order valence-electron chi connectivity index (χ0n) is 17.4. The van der Waals surface area contributed by atoms with Gasteiger partial charge < -0.3 is 10.6 Å². The fourth-order valence-corrected chi connectivity index (χ4v) is 4.97.